The van der Waals surface area contributed by atoms with Crippen molar-refractivity contribution in [2.45, 2.75) is 25.7 Å². The van der Waals surface area contributed by atoms with Crippen molar-refractivity contribution >= 4 is 16.9 Å². The Labute approximate surface area is 88.1 Å². The summed E-state index contributed by atoms with van der Waals surface area (Å²) in [6.07, 6.45) is 4.55. The molecule has 0 atom stereocenters. The van der Waals surface area contributed by atoms with E-state index in [9.17, 15) is 0 Å². The van der Waals surface area contributed by atoms with Gasteiger partial charge in [-0.05, 0) is 36.8 Å². The Hall–Kier alpha value is -1.58. The van der Waals surface area contributed by atoms with Gasteiger partial charge < -0.3 is 5.73 Å². The van der Waals surface area contributed by atoms with Gasteiger partial charge in [0.1, 0.15) is 0 Å². The zero-order chi connectivity index (χ0) is 10.6. The number of rotatable bonds is 1. The quantitative estimate of drug-likeness (QED) is 0.766. The fourth-order valence-electron chi connectivity index (χ4n) is 2.22. The van der Waals surface area contributed by atoms with E-state index in [0.717, 1.165) is 11.0 Å². The van der Waals surface area contributed by atoms with Gasteiger partial charge in [0.2, 0.25) is 0 Å². The Morgan fingerprint density at radius 1 is 1.47 bits per heavy atom. The van der Waals surface area contributed by atoms with Crippen LogP contribution >= 0.6 is 0 Å². The average Bonchev–Trinajstić information content (AvgIpc) is 2.96. The van der Waals surface area contributed by atoms with Gasteiger partial charge in [0.15, 0.2) is 11.5 Å². The van der Waals surface area contributed by atoms with Crippen LogP contribution in [0.4, 0.5) is 5.82 Å². The first-order chi connectivity index (χ1) is 7.18. The van der Waals surface area contributed by atoms with Crippen molar-refractivity contribution in [3.8, 4) is 0 Å². The highest BCUT2D eigenvalue weighted by Crippen LogP contribution is 2.43. The lowest BCUT2D eigenvalue weighted by atomic mass is 10.0. The van der Waals surface area contributed by atoms with Crippen molar-refractivity contribution in [1.29, 1.82) is 0 Å². The van der Waals surface area contributed by atoms with Crippen LogP contribution in [0.1, 0.15) is 29.9 Å². The molecule has 2 aromatic rings. The second-order valence-corrected chi connectivity index (χ2v) is 4.32. The van der Waals surface area contributed by atoms with E-state index in [0.29, 0.717) is 11.7 Å². The average molecular weight is 202 g/mol. The van der Waals surface area contributed by atoms with Gasteiger partial charge in [0, 0.05) is 13.2 Å². The maximum Gasteiger partial charge on any atom is 0.159 e. The molecule has 0 aliphatic heterocycles. The van der Waals surface area contributed by atoms with Gasteiger partial charge >= 0.3 is 0 Å². The summed E-state index contributed by atoms with van der Waals surface area (Å²) in [6, 6.07) is 0. The van der Waals surface area contributed by atoms with E-state index in [4.69, 9.17) is 5.73 Å². The molecule has 0 amide bonds. The minimum absolute atomic E-state index is 0.597. The van der Waals surface area contributed by atoms with Gasteiger partial charge in [0.25, 0.3) is 0 Å². The number of nitrogens with two attached hydrogens (primary N) is 1. The number of fused-ring (bicyclic) bond motifs is 1. The Bertz CT molecular complexity index is 537. The monoisotopic (exact) mass is 202 g/mol. The van der Waals surface area contributed by atoms with Crippen LogP contribution in [0.15, 0.2) is 6.20 Å². The number of anilines is 1. The molecule has 1 aliphatic carbocycles. The SMILES string of the molecule is Cc1c(C2CC2)cnc2c1c(N)nn2C. The van der Waals surface area contributed by atoms with Crippen LogP contribution in [-0.2, 0) is 7.05 Å². The van der Waals surface area contributed by atoms with E-state index >= 15 is 0 Å². The third-order valence-electron chi connectivity index (χ3n) is 3.20. The lowest BCUT2D eigenvalue weighted by Gasteiger charge is -2.04. The van der Waals surface area contributed by atoms with Gasteiger partial charge in [-0.2, -0.15) is 5.10 Å². The Kier molecular flexibility index (Phi) is 1.58. The van der Waals surface area contributed by atoms with Crippen molar-refractivity contribution < 1.29 is 0 Å². The van der Waals surface area contributed by atoms with Gasteiger partial charge in [-0.1, -0.05) is 0 Å². The maximum atomic E-state index is 5.90. The minimum atomic E-state index is 0.597. The molecule has 1 fully saturated rings. The first-order valence-corrected chi connectivity index (χ1v) is 5.26. The predicted octanol–water partition coefficient (Wildman–Crippen LogP) is 1.74. The number of hydrogen-bond acceptors (Lipinski definition) is 3. The summed E-state index contributed by atoms with van der Waals surface area (Å²) in [6.45, 7) is 2.12. The Balaban J connectivity index is 2.35. The van der Waals surface area contributed by atoms with Gasteiger partial charge in [0.05, 0.1) is 5.39 Å². The van der Waals surface area contributed by atoms with Crippen LogP contribution in [0, 0.1) is 6.92 Å². The van der Waals surface area contributed by atoms with E-state index in [-0.39, 0.29) is 0 Å². The molecule has 0 radical (unpaired) electrons. The van der Waals surface area contributed by atoms with E-state index in [1.54, 1.807) is 4.68 Å². The Morgan fingerprint density at radius 2 is 2.20 bits per heavy atom. The molecule has 0 bridgehead atoms. The van der Waals surface area contributed by atoms with Crippen molar-refractivity contribution in [1.82, 2.24) is 14.8 Å². The van der Waals surface area contributed by atoms with Crippen LogP contribution in [0.5, 0.6) is 0 Å². The third-order valence-corrected chi connectivity index (χ3v) is 3.20. The lowest BCUT2D eigenvalue weighted by molar-refractivity contribution is 0.790. The van der Waals surface area contributed by atoms with Gasteiger partial charge in [-0.3, -0.25) is 0 Å². The van der Waals surface area contributed by atoms with Crippen molar-refractivity contribution in [2.24, 2.45) is 7.05 Å². The first kappa shape index (κ1) is 8.71. The molecule has 0 spiro atoms. The van der Waals surface area contributed by atoms with E-state index in [2.05, 4.69) is 17.0 Å². The summed E-state index contributed by atoms with van der Waals surface area (Å²) in [7, 11) is 1.88. The standard InChI is InChI=1S/C11H14N4/c1-6-8(7-3-4-7)5-13-11-9(6)10(12)14-15(11)2/h5,7H,3-4H2,1-2H3,(H2,12,14). The highest BCUT2D eigenvalue weighted by atomic mass is 15.3. The summed E-state index contributed by atoms with van der Waals surface area (Å²) in [5.74, 6) is 1.31. The zero-order valence-electron chi connectivity index (χ0n) is 8.99. The van der Waals surface area contributed by atoms with Gasteiger partial charge in [-0.25, -0.2) is 9.67 Å². The van der Waals surface area contributed by atoms with Crippen LogP contribution in [0.3, 0.4) is 0 Å². The molecule has 1 saturated carbocycles. The molecule has 0 saturated heterocycles. The number of nitrogen functional groups attached to an aromatic ring is 1. The second kappa shape index (κ2) is 2.72. The molecular weight excluding hydrogens is 188 g/mol. The van der Waals surface area contributed by atoms with E-state index in [1.807, 2.05) is 13.2 Å². The first-order valence-electron chi connectivity index (χ1n) is 5.26. The summed E-state index contributed by atoms with van der Waals surface area (Å²) < 4.78 is 1.74. The zero-order valence-corrected chi connectivity index (χ0v) is 8.99. The number of pyridine rings is 1. The number of aryl methyl sites for hydroxylation is 2. The largest absolute Gasteiger partial charge is 0.382 e. The Morgan fingerprint density at radius 3 is 2.87 bits per heavy atom. The number of nitrogens with zero attached hydrogens (tertiary/aromatic N) is 3. The highest BCUT2D eigenvalue weighted by Gasteiger charge is 2.27. The summed E-state index contributed by atoms with van der Waals surface area (Å²) >= 11 is 0. The molecule has 15 heavy (non-hydrogen) atoms. The minimum Gasteiger partial charge on any atom is -0.382 e. The fourth-order valence-corrected chi connectivity index (χ4v) is 2.22. The molecule has 2 N–H and O–H groups in total. The predicted molar refractivity (Wildman–Crippen MR) is 59.6 cm³/mol. The molecule has 2 aromatic heterocycles. The molecule has 0 unspecified atom stereocenters. The summed E-state index contributed by atoms with van der Waals surface area (Å²) in [5.41, 5.74) is 9.39. The smallest absolute Gasteiger partial charge is 0.159 e. The lowest BCUT2D eigenvalue weighted by Crippen LogP contribution is -1.94. The summed E-state index contributed by atoms with van der Waals surface area (Å²) in [4.78, 5) is 4.44. The number of hydrogen-bond donors (Lipinski definition) is 1. The topological polar surface area (TPSA) is 56.7 Å². The summed E-state index contributed by atoms with van der Waals surface area (Å²) in [5, 5.41) is 5.23. The van der Waals surface area contributed by atoms with Crippen LogP contribution in [0.25, 0.3) is 11.0 Å². The molecule has 4 heteroatoms. The number of aromatic nitrogens is 3. The molecule has 4 nitrogen and oxygen atoms in total. The van der Waals surface area contributed by atoms with E-state index in [1.165, 1.54) is 24.0 Å². The normalized spacial score (nSPS) is 16.1. The third kappa shape index (κ3) is 1.14. The molecule has 3 rings (SSSR count). The molecule has 1 aliphatic rings. The molecular formula is C11H14N4. The van der Waals surface area contributed by atoms with E-state index < -0.39 is 0 Å². The van der Waals surface area contributed by atoms with Crippen LogP contribution < -0.4 is 5.73 Å². The van der Waals surface area contributed by atoms with Crippen molar-refractivity contribution in [3.63, 3.8) is 0 Å². The van der Waals surface area contributed by atoms with Crippen molar-refractivity contribution in [2.75, 3.05) is 5.73 Å². The van der Waals surface area contributed by atoms with Crippen LogP contribution in [0.2, 0.25) is 0 Å². The molecule has 2 heterocycles. The van der Waals surface area contributed by atoms with Gasteiger partial charge in [-0.15, -0.1) is 0 Å². The fraction of sp³-hybridized carbons (Fsp3) is 0.455. The molecule has 78 valence electrons. The maximum absolute atomic E-state index is 5.90. The highest BCUT2D eigenvalue weighted by molar-refractivity contribution is 5.90. The van der Waals surface area contributed by atoms with Crippen molar-refractivity contribution in [3.05, 3.63) is 17.3 Å². The molecule has 0 aromatic carbocycles. The second-order valence-electron chi connectivity index (χ2n) is 4.32. The van der Waals surface area contributed by atoms with Crippen LogP contribution in [-0.4, -0.2) is 14.8 Å².